The van der Waals surface area contributed by atoms with Crippen LogP contribution in [-0.4, -0.2) is 17.3 Å². The monoisotopic (exact) mass is 281 g/mol. The van der Waals surface area contributed by atoms with E-state index >= 15 is 0 Å². The van der Waals surface area contributed by atoms with E-state index in [1.165, 1.54) is 15.3 Å². The van der Waals surface area contributed by atoms with Crippen LogP contribution in [0.4, 0.5) is 0 Å². The zero-order chi connectivity index (χ0) is 14.0. The van der Waals surface area contributed by atoms with Gasteiger partial charge in [0.1, 0.15) is 0 Å². The summed E-state index contributed by atoms with van der Waals surface area (Å²) in [6.07, 6.45) is 4.19. The molecule has 1 aromatic heterocycles. The van der Waals surface area contributed by atoms with Crippen LogP contribution in [0.25, 0.3) is 0 Å². The molecule has 3 heteroatoms. The molecule has 1 atom stereocenters. The van der Waals surface area contributed by atoms with E-state index in [0.29, 0.717) is 6.04 Å². The summed E-state index contributed by atoms with van der Waals surface area (Å²) in [5, 5.41) is 14.1. The molecule has 19 heavy (non-hydrogen) atoms. The van der Waals surface area contributed by atoms with Crippen molar-refractivity contribution in [1.29, 1.82) is 0 Å². The molecule has 108 valence electrons. The van der Waals surface area contributed by atoms with Gasteiger partial charge >= 0.3 is 0 Å². The maximum absolute atomic E-state index is 10.6. The van der Waals surface area contributed by atoms with Crippen LogP contribution < -0.4 is 5.32 Å². The first kappa shape index (κ1) is 15.0. The Morgan fingerprint density at radius 1 is 1.42 bits per heavy atom. The van der Waals surface area contributed by atoms with E-state index in [1.807, 2.05) is 11.3 Å². The van der Waals surface area contributed by atoms with E-state index < -0.39 is 5.60 Å². The van der Waals surface area contributed by atoms with Gasteiger partial charge in [-0.15, -0.1) is 11.3 Å². The standard InChI is InChI=1S/C16H27NOS/c1-11-5-7-16(18,8-6-11)10-17-13(3)15-9-12(2)19-14(15)4/h9,11,13,17-18H,5-8,10H2,1-4H3. The SMILES string of the molecule is Cc1cc(C(C)NCC2(O)CCC(C)CC2)c(C)s1. The highest BCUT2D eigenvalue weighted by Gasteiger charge is 2.31. The second-order valence-electron chi connectivity index (χ2n) is 6.38. The molecule has 1 aromatic rings. The quantitative estimate of drug-likeness (QED) is 0.875. The molecule has 1 saturated carbocycles. The fraction of sp³-hybridized carbons (Fsp3) is 0.750. The molecule has 1 fully saturated rings. The van der Waals surface area contributed by atoms with E-state index in [4.69, 9.17) is 0 Å². The maximum Gasteiger partial charge on any atom is 0.0772 e. The summed E-state index contributed by atoms with van der Waals surface area (Å²) in [5.74, 6) is 0.777. The maximum atomic E-state index is 10.6. The molecule has 0 saturated heterocycles. The molecule has 1 unspecified atom stereocenters. The van der Waals surface area contributed by atoms with E-state index in [9.17, 15) is 5.11 Å². The molecule has 0 amide bonds. The lowest BCUT2D eigenvalue weighted by atomic mass is 9.79. The second kappa shape index (κ2) is 5.94. The Morgan fingerprint density at radius 2 is 2.05 bits per heavy atom. The third kappa shape index (κ3) is 3.80. The lowest BCUT2D eigenvalue weighted by molar-refractivity contribution is -0.00784. The highest BCUT2D eigenvalue weighted by molar-refractivity contribution is 7.12. The van der Waals surface area contributed by atoms with Gasteiger partial charge in [-0.25, -0.2) is 0 Å². The number of rotatable bonds is 4. The lowest BCUT2D eigenvalue weighted by Gasteiger charge is -2.36. The second-order valence-corrected chi connectivity index (χ2v) is 7.84. The largest absolute Gasteiger partial charge is 0.389 e. The van der Waals surface area contributed by atoms with Crippen molar-refractivity contribution in [2.45, 2.75) is 65.0 Å². The topological polar surface area (TPSA) is 32.3 Å². The lowest BCUT2D eigenvalue weighted by Crippen LogP contribution is -2.44. The van der Waals surface area contributed by atoms with Crippen LogP contribution in [0.15, 0.2) is 6.07 Å². The molecule has 1 aliphatic rings. The average molecular weight is 281 g/mol. The van der Waals surface area contributed by atoms with Crippen molar-refractivity contribution in [3.63, 3.8) is 0 Å². The van der Waals surface area contributed by atoms with Gasteiger partial charge in [0, 0.05) is 22.3 Å². The van der Waals surface area contributed by atoms with Crippen molar-refractivity contribution in [2.75, 3.05) is 6.54 Å². The first-order valence-electron chi connectivity index (χ1n) is 7.42. The number of hydrogen-bond acceptors (Lipinski definition) is 3. The zero-order valence-electron chi connectivity index (χ0n) is 12.6. The first-order valence-corrected chi connectivity index (χ1v) is 8.24. The van der Waals surface area contributed by atoms with E-state index in [2.05, 4.69) is 39.1 Å². The van der Waals surface area contributed by atoms with Gasteiger partial charge in [0.05, 0.1) is 5.60 Å². The molecular weight excluding hydrogens is 254 g/mol. The number of nitrogens with one attached hydrogen (secondary N) is 1. The molecule has 0 aliphatic heterocycles. The van der Waals surface area contributed by atoms with Gasteiger partial charge in [0.2, 0.25) is 0 Å². The average Bonchev–Trinajstić information content (AvgIpc) is 2.70. The summed E-state index contributed by atoms with van der Waals surface area (Å²) >= 11 is 1.86. The third-order valence-electron chi connectivity index (χ3n) is 4.49. The Morgan fingerprint density at radius 3 is 2.58 bits per heavy atom. The summed E-state index contributed by atoms with van der Waals surface area (Å²) in [6.45, 7) is 9.54. The van der Waals surface area contributed by atoms with Crippen molar-refractivity contribution in [3.8, 4) is 0 Å². The fourth-order valence-electron chi connectivity index (χ4n) is 3.01. The van der Waals surface area contributed by atoms with Gasteiger partial charge in [-0.3, -0.25) is 0 Å². The van der Waals surface area contributed by atoms with Gasteiger partial charge in [0.25, 0.3) is 0 Å². The van der Waals surface area contributed by atoms with Crippen LogP contribution in [0.5, 0.6) is 0 Å². The van der Waals surface area contributed by atoms with E-state index in [-0.39, 0.29) is 0 Å². The third-order valence-corrected chi connectivity index (χ3v) is 5.47. The normalized spacial score (nSPS) is 29.4. The molecule has 0 bridgehead atoms. The number of aliphatic hydroxyl groups is 1. The number of hydrogen-bond donors (Lipinski definition) is 2. The molecule has 2 nitrogen and oxygen atoms in total. The number of aryl methyl sites for hydroxylation is 2. The fourth-order valence-corrected chi connectivity index (χ4v) is 4.03. The van der Waals surface area contributed by atoms with Crippen LogP contribution in [-0.2, 0) is 0 Å². The Hall–Kier alpha value is -0.380. The van der Waals surface area contributed by atoms with Crippen molar-refractivity contribution in [1.82, 2.24) is 5.32 Å². The van der Waals surface area contributed by atoms with Gasteiger partial charge in [-0.1, -0.05) is 6.92 Å². The van der Waals surface area contributed by atoms with Crippen molar-refractivity contribution in [3.05, 3.63) is 21.4 Å². The predicted octanol–water partition coefficient (Wildman–Crippen LogP) is 3.96. The summed E-state index contributed by atoms with van der Waals surface area (Å²) in [5.41, 5.74) is 0.898. The zero-order valence-corrected chi connectivity index (χ0v) is 13.4. The van der Waals surface area contributed by atoms with Crippen LogP contribution in [0.1, 0.15) is 60.9 Å². The van der Waals surface area contributed by atoms with E-state index in [0.717, 1.165) is 38.1 Å². The van der Waals surface area contributed by atoms with E-state index in [1.54, 1.807) is 0 Å². The van der Waals surface area contributed by atoms with Gasteiger partial charge < -0.3 is 10.4 Å². The van der Waals surface area contributed by atoms with Crippen molar-refractivity contribution in [2.24, 2.45) is 5.92 Å². The smallest absolute Gasteiger partial charge is 0.0772 e. The first-order chi connectivity index (χ1) is 8.89. The Labute approximate surface area is 121 Å². The Bertz CT molecular complexity index is 418. The Kier molecular flexibility index (Phi) is 4.70. The molecule has 1 heterocycles. The summed E-state index contributed by atoms with van der Waals surface area (Å²) in [4.78, 5) is 2.76. The summed E-state index contributed by atoms with van der Waals surface area (Å²) in [7, 11) is 0. The molecular formula is C16H27NOS. The molecule has 2 N–H and O–H groups in total. The minimum Gasteiger partial charge on any atom is -0.389 e. The minimum atomic E-state index is -0.486. The van der Waals surface area contributed by atoms with Gasteiger partial charge in [0.15, 0.2) is 0 Å². The highest BCUT2D eigenvalue weighted by Crippen LogP contribution is 2.32. The molecule has 2 rings (SSSR count). The van der Waals surface area contributed by atoms with Crippen molar-refractivity contribution < 1.29 is 5.11 Å². The minimum absolute atomic E-state index is 0.327. The molecule has 0 spiro atoms. The summed E-state index contributed by atoms with van der Waals surface area (Å²) < 4.78 is 0. The Balaban J connectivity index is 1.90. The van der Waals surface area contributed by atoms with Crippen LogP contribution in [0.2, 0.25) is 0 Å². The molecule has 0 aromatic carbocycles. The molecule has 0 radical (unpaired) electrons. The molecule has 1 aliphatic carbocycles. The number of thiophene rings is 1. The van der Waals surface area contributed by atoms with Gasteiger partial charge in [-0.05, 0) is 64.0 Å². The van der Waals surface area contributed by atoms with Gasteiger partial charge in [-0.2, -0.15) is 0 Å². The predicted molar refractivity (Wildman–Crippen MR) is 82.8 cm³/mol. The van der Waals surface area contributed by atoms with Crippen LogP contribution in [0, 0.1) is 19.8 Å². The van der Waals surface area contributed by atoms with Crippen LogP contribution >= 0.6 is 11.3 Å². The van der Waals surface area contributed by atoms with Crippen LogP contribution in [0.3, 0.4) is 0 Å². The van der Waals surface area contributed by atoms with Crippen molar-refractivity contribution >= 4 is 11.3 Å². The summed E-state index contributed by atoms with van der Waals surface area (Å²) in [6, 6.07) is 2.60. The highest BCUT2D eigenvalue weighted by atomic mass is 32.1.